The van der Waals surface area contributed by atoms with Crippen molar-refractivity contribution < 1.29 is 38.4 Å². The van der Waals surface area contributed by atoms with Gasteiger partial charge in [0.1, 0.15) is 12.2 Å². The number of hydrogen-bond donors (Lipinski definition) is 1. The summed E-state index contributed by atoms with van der Waals surface area (Å²) in [7, 11) is 0. The highest BCUT2D eigenvalue weighted by Crippen LogP contribution is 2.47. The summed E-state index contributed by atoms with van der Waals surface area (Å²) in [5.74, 6) is -2.49. The number of carbonyl (C=O) groups excluding carboxylic acids is 3. The fraction of sp³-hybridized carbons (Fsp3) is 0.696. The second-order valence-electron chi connectivity index (χ2n) is 8.87. The molecule has 1 aliphatic carbocycles. The number of aliphatic hydroxyl groups is 1. The highest BCUT2D eigenvalue weighted by atomic mass is 35.5. The molecule has 0 saturated heterocycles. The summed E-state index contributed by atoms with van der Waals surface area (Å²) >= 11 is 6.17. The fourth-order valence-corrected chi connectivity index (χ4v) is 3.98. The van der Waals surface area contributed by atoms with Crippen LogP contribution in [0.25, 0.3) is 0 Å². The van der Waals surface area contributed by atoms with Gasteiger partial charge < -0.3 is 24.1 Å². The molecule has 180 valence electrons. The average molecular weight is 473 g/mol. The Labute approximate surface area is 193 Å². The summed E-state index contributed by atoms with van der Waals surface area (Å²) in [6.07, 6.45) is 1.82. The van der Waals surface area contributed by atoms with Crippen molar-refractivity contribution in [2.75, 3.05) is 12.5 Å². The lowest BCUT2D eigenvalue weighted by molar-refractivity contribution is -0.203. The molecule has 0 fully saturated rings. The minimum atomic E-state index is -1.78. The standard InChI is InChI=1S/C23H33ClO8/c1-6-14(4)8-20(27)31-18-9-17-16(10-29-15(5)25)11-30-22(21(17)23(18,28)12-24)32-19(26)7-13(2)3/h9,11,13-14,18,21-22,28H,6-8,10,12H2,1-5H3. The van der Waals surface area contributed by atoms with Crippen molar-refractivity contribution >= 4 is 29.5 Å². The van der Waals surface area contributed by atoms with Gasteiger partial charge in [-0.2, -0.15) is 0 Å². The molecule has 0 spiro atoms. The van der Waals surface area contributed by atoms with Gasteiger partial charge in [0, 0.05) is 25.3 Å². The first-order valence-electron chi connectivity index (χ1n) is 10.9. The molecule has 5 atom stereocenters. The number of alkyl halides is 1. The van der Waals surface area contributed by atoms with Gasteiger partial charge >= 0.3 is 17.9 Å². The lowest BCUT2D eigenvalue weighted by Crippen LogP contribution is -2.54. The third-order valence-corrected chi connectivity index (χ3v) is 6.05. The van der Waals surface area contributed by atoms with Crippen molar-refractivity contribution in [1.29, 1.82) is 0 Å². The molecule has 0 amide bonds. The van der Waals surface area contributed by atoms with Crippen LogP contribution in [0.3, 0.4) is 0 Å². The predicted molar refractivity (Wildman–Crippen MR) is 116 cm³/mol. The Hall–Kier alpha value is -2.06. The van der Waals surface area contributed by atoms with Gasteiger partial charge in [-0.3, -0.25) is 14.4 Å². The molecule has 5 unspecified atom stereocenters. The minimum absolute atomic E-state index is 0.0703. The molecule has 0 aromatic carbocycles. The Balaban J connectivity index is 2.34. The van der Waals surface area contributed by atoms with Gasteiger partial charge in [0.15, 0.2) is 6.10 Å². The maximum absolute atomic E-state index is 12.4. The molecule has 8 nitrogen and oxygen atoms in total. The van der Waals surface area contributed by atoms with Crippen molar-refractivity contribution in [3.8, 4) is 0 Å². The molecule has 9 heteroatoms. The third kappa shape index (κ3) is 6.25. The van der Waals surface area contributed by atoms with E-state index in [0.717, 1.165) is 6.42 Å². The van der Waals surface area contributed by atoms with Crippen molar-refractivity contribution in [1.82, 2.24) is 0 Å². The normalized spacial score (nSPS) is 27.6. The van der Waals surface area contributed by atoms with E-state index in [2.05, 4.69) is 0 Å². The molecular formula is C23H33ClO8. The van der Waals surface area contributed by atoms with Crippen molar-refractivity contribution in [2.45, 2.75) is 71.9 Å². The molecule has 2 rings (SSSR count). The zero-order chi connectivity index (χ0) is 24.1. The lowest BCUT2D eigenvalue weighted by atomic mass is 9.82. The van der Waals surface area contributed by atoms with E-state index in [9.17, 15) is 19.5 Å². The molecule has 1 N–H and O–H groups in total. The van der Waals surface area contributed by atoms with Crippen LogP contribution in [0.5, 0.6) is 0 Å². The number of ether oxygens (including phenoxy) is 4. The molecule has 0 radical (unpaired) electrons. The van der Waals surface area contributed by atoms with Gasteiger partial charge in [0.2, 0.25) is 0 Å². The molecule has 1 heterocycles. The summed E-state index contributed by atoms with van der Waals surface area (Å²) in [5, 5.41) is 11.5. The molecule has 2 aliphatic rings. The second kappa shape index (κ2) is 11.2. The van der Waals surface area contributed by atoms with E-state index in [1.807, 2.05) is 27.7 Å². The number of halogens is 1. The van der Waals surface area contributed by atoms with Crippen LogP contribution < -0.4 is 0 Å². The number of esters is 3. The zero-order valence-corrected chi connectivity index (χ0v) is 20.0. The van der Waals surface area contributed by atoms with E-state index >= 15 is 0 Å². The lowest BCUT2D eigenvalue weighted by Gasteiger charge is -2.39. The van der Waals surface area contributed by atoms with Crippen LogP contribution >= 0.6 is 11.6 Å². The Bertz CT molecular complexity index is 774. The monoisotopic (exact) mass is 472 g/mol. The largest absolute Gasteiger partial charge is 0.461 e. The Morgan fingerprint density at radius 1 is 1.19 bits per heavy atom. The second-order valence-corrected chi connectivity index (χ2v) is 9.14. The molecule has 0 aromatic heterocycles. The average Bonchev–Trinajstić information content (AvgIpc) is 2.99. The number of fused-ring (bicyclic) bond motifs is 1. The number of hydrogen-bond acceptors (Lipinski definition) is 8. The van der Waals surface area contributed by atoms with Crippen molar-refractivity contribution in [2.24, 2.45) is 17.8 Å². The van der Waals surface area contributed by atoms with Gasteiger partial charge in [-0.1, -0.05) is 34.1 Å². The van der Waals surface area contributed by atoms with E-state index in [4.69, 9.17) is 30.5 Å². The molecule has 0 aromatic rings. The highest BCUT2D eigenvalue weighted by molar-refractivity contribution is 6.18. The van der Waals surface area contributed by atoms with Gasteiger partial charge in [-0.15, -0.1) is 11.6 Å². The quantitative estimate of drug-likeness (QED) is 0.293. The van der Waals surface area contributed by atoms with Gasteiger partial charge in [0.25, 0.3) is 6.29 Å². The van der Waals surface area contributed by atoms with Crippen molar-refractivity contribution in [3.63, 3.8) is 0 Å². The molecule has 32 heavy (non-hydrogen) atoms. The van der Waals surface area contributed by atoms with Crippen molar-refractivity contribution in [3.05, 3.63) is 23.5 Å². The summed E-state index contributed by atoms with van der Waals surface area (Å²) in [6.45, 7) is 8.82. The fourth-order valence-electron chi connectivity index (χ4n) is 3.66. The first kappa shape index (κ1) is 26.2. The number of carbonyl (C=O) groups is 3. The van der Waals surface area contributed by atoms with Crippen LogP contribution in [-0.2, 0) is 33.3 Å². The molecule has 1 aliphatic heterocycles. The topological polar surface area (TPSA) is 108 Å². The SMILES string of the molecule is CCC(C)CC(=O)OC1C=C2C(COC(C)=O)=COC(OC(=O)CC(C)C)C2C1(O)CCl. The Kier molecular flexibility index (Phi) is 9.16. The summed E-state index contributed by atoms with van der Waals surface area (Å²) in [4.78, 5) is 36.1. The van der Waals surface area contributed by atoms with Crippen LogP contribution in [-0.4, -0.2) is 53.5 Å². The zero-order valence-electron chi connectivity index (χ0n) is 19.3. The van der Waals surface area contributed by atoms with Crippen LogP contribution in [0.2, 0.25) is 0 Å². The summed E-state index contributed by atoms with van der Waals surface area (Å²) in [6, 6.07) is 0. The third-order valence-electron chi connectivity index (χ3n) is 5.62. The van der Waals surface area contributed by atoms with E-state index in [-0.39, 0.29) is 37.2 Å². The van der Waals surface area contributed by atoms with E-state index in [0.29, 0.717) is 11.1 Å². The maximum atomic E-state index is 12.4. The highest BCUT2D eigenvalue weighted by Gasteiger charge is 2.58. The number of rotatable bonds is 10. The van der Waals surface area contributed by atoms with E-state index < -0.39 is 41.8 Å². The Morgan fingerprint density at radius 2 is 1.84 bits per heavy atom. The van der Waals surface area contributed by atoms with Gasteiger partial charge in [0.05, 0.1) is 18.1 Å². The van der Waals surface area contributed by atoms with Gasteiger partial charge in [-0.25, -0.2) is 0 Å². The maximum Gasteiger partial charge on any atom is 0.309 e. The van der Waals surface area contributed by atoms with Gasteiger partial charge in [-0.05, 0) is 23.5 Å². The Morgan fingerprint density at radius 3 is 2.41 bits per heavy atom. The first-order chi connectivity index (χ1) is 15.0. The summed E-state index contributed by atoms with van der Waals surface area (Å²) in [5.41, 5.74) is -0.810. The minimum Gasteiger partial charge on any atom is -0.461 e. The van der Waals surface area contributed by atoms with Crippen LogP contribution in [0.4, 0.5) is 0 Å². The smallest absolute Gasteiger partial charge is 0.309 e. The van der Waals surface area contributed by atoms with Crippen LogP contribution in [0, 0.1) is 17.8 Å². The molecule has 0 saturated carbocycles. The first-order valence-corrected chi connectivity index (χ1v) is 11.4. The predicted octanol–water partition coefficient (Wildman–Crippen LogP) is 3.25. The molecule has 0 bridgehead atoms. The summed E-state index contributed by atoms with van der Waals surface area (Å²) < 4.78 is 21.8. The molecular weight excluding hydrogens is 440 g/mol. The van der Waals surface area contributed by atoms with E-state index in [1.54, 1.807) is 6.08 Å². The van der Waals surface area contributed by atoms with Crippen LogP contribution in [0.15, 0.2) is 23.5 Å². The van der Waals surface area contributed by atoms with Crippen LogP contribution in [0.1, 0.15) is 53.9 Å². The van der Waals surface area contributed by atoms with E-state index in [1.165, 1.54) is 13.2 Å².